The fourth-order valence-corrected chi connectivity index (χ4v) is 5.45. The highest BCUT2D eigenvalue weighted by atomic mass is 35.5. The molecule has 1 atom stereocenters. The number of amides is 2. The fraction of sp³-hybridized carbons (Fsp3) is 0.308. The number of nitrogens with zero attached hydrogens (tertiary/aromatic N) is 4. The van der Waals surface area contributed by atoms with Gasteiger partial charge in [0, 0.05) is 48.0 Å². The zero-order chi connectivity index (χ0) is 26.1. The van der Waals surface area contributed by atoms with Crippen molar-refractivity contribution in [3.63, 3.8) is 0 Å². The Balaban J connectivity index is 1.39. The van der Waals surface area contributed by atoms with Gasteiger partial charge in [0.15, 0.2) is 11.5 Å². The van der Waals surface area contributed by atoms with Gasteiger partial charge in [0.25, 0.3) is 11.8 Å². The minimum Gasteiger partial charge on any atom is -0.365 e. The molecule has 3 aromatic rings. The number of rotatable bonds is 5. The van der Waals surface area contributed by atoms with Gasteiger partial charge in [0.1, 0.15) is 5.82 Å². The molecule has 0 bridgehead atoms. The molecule has 3 heterocycles. The molecule has 2 N–H and O–H groups in total. The molecule has 1 unspecified atom stereocenters. The smallest absolute Gasteiger partial charge is 0.276 e. The Morgan fingerprint density at radius 1 is 1.08 bits per heavy atom. The standard InChI is InChI=1S/C26H25Cl2FN6O2/c1-15(22-18(27)7-8-19(29)23(22)28)35-12-9-30-24-21(35)14-20(32-33-24)25(36)31-17-6-4-5-16(13-17)26(37)34-10-2-3-11-34/h4-8,13-15H,2-3,9-12H2,1H3,(H,30,33)(H,31,36). The Bertz CT molecular complexity index is 1360. The largest absolute Gasteiger partial charge is 0.365 e. The van der Waals surface area contributed by atoms with Crippen LogP contribution in [0.5, 0.6) is 0 Å². The van der Waals surface area contributed by atoms with E-state index in [0.717, 1.165) is 25.9 Å². The van der Waals surface area contributed by atoms with Crippen molar-refractivity contribution in [1.82, 2.24) is 15.1 Å². The third kappa shape index (κ3) is 5.06. The molecule has 2 aliphatic rings. The van der Waals surface area contributed by atoms with Gasteiger partial charge in [-0.15, -0.1) is 10.2 Å². The van der Waals surface area contributed by atoms with E-state index in [-0.39, 0.29) is 16.6 Å². The van der Waals surface area contributed by atoms with Crippen LogP contribution in [-0.4, -0.2) is 53.1 Å². The van der Waals surface area contributed by atoms with Gasteiger partial charge in [-0.3, -0.25) is 9.59 Å². The summed E-state index contributed by atoms with van der Waals surface area (Å²) in [5.41, 5.74) is 2.17. The van der Waals surface area contributed by atoms with Gasteiger partial charge in [-0.05, 0) is 56.2 Å². The average molecular weight is 543 g/mol. The average Bonchev–Trinajstić information content (AvgIpc) is 3.45. The minimum absolute atomic E-state index is 0.0385. The topological polar surface area (TPSA) is 90.5 Å². The van der Waals surface area contributed by atoms with Crippen molar-refractivity contribution < 1.29 is 14.0 Å². The summed E-state index contributed by atoms with van der Waals surface area (Å²) >= 11 is 12.6. The maximum absolute atomic E-state index is 14.2. The molecule has 5 rings (SSSR count). The first-order valence-electron chi connectivity index (χ1n) is 12.1. The highest BCUT2D eigenvalue weighted by Gasteiger charge is 2.29. The van der Waals surface area contributed by atoms with Crippen LogP contribution in [0.15, 0.2) is 42.5 Å². The molecule has 11 heteroatoms. The van der Waals surface area contributed by atoms with Gasteiger partial charge in [-0.1, -0.05) is 29.3 Å². The zero-order valence-corrected chi connectivity index (χ0v) is 21.6. The van der Waals surface area contributed by atoms with E-state index in [1.54, 1.807) is 30.3 Å². The lowest BCUT2D eigenvalue weighted by Crippen LogP contribution is -2.37. The summed E-state index contributed by atoms with van der Waals surface area (Å²) in [6.45, 7) is 4.47. The minimum atomic E-state index is -0.554. The Morgan fingerprint density at radius 2 is 1.86 bits per heavy atom. The third-order valence-electron chi connectivity index (χ3n) is 6.69. The van der Waals surface area contributed by atoms with Crippen LogP contribution in [0, 0.1) is 5.82 Å². The Kier molecular flexibility index (Phi) is 7.17. The molecule has 2 amide bonds. The number of likely N-dealkylation sites (tertiary alicyclic amines) is 1. The number of fused-ring (bicyclic) bond motifs is 1. The number of hydrogen-bond donors (Lipinski definition) is 2. The first-order valence-corrected chi connectivity index (χ1v) is 12.8. The summed E-state index contributed by atoms with van der Waals surface area (Å²) in [6.07, 6.45) is 2.00. The van der Waals surface area contributed by atoms with E-state index in [1.165, 1.54) is 12.1 Å². The van der Waals surface area contributed by atoms with E-state index >= 15 is 0 Å². The second-order valence-electron chi connectivity index (χ2n) is 9.05. The Labute approximate surface area is 223 Å². The molecule has 37 heavy (non-hydrogen) atoms. The normalized spacial score (nSPS) is 15.7. The van der Waals surface area contributed by atoms with Crippen LogP contribution in [0.25, 0.3) is 0 Å². The predicted octanol–water partition coefficient (Wildman–Crippen LogP) is 5.40. The van der Waals surface area contributed by atoms with Gasteiger partial charge in [-0.2, -0.15) is 0 Å². The molecule has 1 saturated heterocycles. The van der Waals surface area contributed by atoms with Gasteiger partial charge in [0.05, 0.1) is 16.8 Å². The monoisotopic (exact) mass is 542 g/mol. The number of carbonyl (C=O) groups is 2. The summed E-state index contributed by atoms with van der Waals surface area (Å²) in [4.78, 5) is 29.6. The van der Waals surface area contributed by atoms with Crippen LogP contribution < -0.4 is 15.5 Å². The van der Waals surface area contributed by atoms with Crippen LogP contribution in [0.3, 0.4) is 0 Å². The number of hydrogen-bond acceptors (Lipinski definition) is 6. The number of nitrogens with one attached hydrogen (secondary N) is 2. The lowest BCUT2D eigenvalue weighted by atomic mass is 10.0. The van der Waals surface area contributed by atoms with Gasteiger partial charge < -0.3 is 20.4 Å². The number of aromatic nitrogens is 2. The van der Waals surface area contributed by atoms with Crippen molar-refractivity contribution in [3.05, 3.63) is 75.1 Å². The van der Waals surface area contributed by atoms with Crippen LogP contribution in [0.2, 0.25) is 10.0 Å². The van der Waals surface area contributed by atoms with E-state index in [0.29, 0.717) is 46.4 Å². The van der Waals surface area contributed by atoms with Crippen molar-refractivity contribution in [1.29, 1.82) is 0 Å². The fourth-order valence-electron chi connectivity index (χ4n) is 4.76. The Morgan fingerprint density at radius 3 is 2.65 bits per heavy atom. The maximum Gasteiger partial charge on any atom is 0.276 e. The lowest BCUT2D eigenvalue weighted by Gasteiger charge is -2.36. The first kappa shape index (κ1) is 25.2. The van der Waals surface area contributed by atoms with Gasteiger partial charge >= 0.3 is 0 Å². The molecule has 1 aromatic heterocycles. The van der Waals surface area contributed by atoms with Crippen molar-refractivity contribution in [2.75, 3.05) is 41.7 Å². The summed E-state index contributed by atoms with van der Waals surface area (Å²) < 4.78 is 14.2. The van der Waals surface area contributed by atoms with Crippen LogP contribution in [0.4, 0.5) is 21.6 Å². The molecular weight excluding hydrogens is 518 g/mol. The highest BCUT2D eigenvalue weighted by molar-refractivity contribution is 6.36. The zero-order valence-electron chi connectivity index (χ0n) is 20.1. The molecule has 0 aliphatic carbocycles. The van der Waals surface area contributed by atoms with Crippen LogP contribution in [0.1, 0.15) is 52.2 Å². The molecule has 2 aliphatic heterocycles. The lowest BCUT2D eigenvalue weighted by molar-refractivity contribution is 0.0792. The first-order chi connectivity index (χ1) is 17.8. The molecule has 0 radical (unpaired) electrons. The van der Waals surface area contributed by atoms with Crippen molar-refractivity contribution in [3.8, 4) is 0 Å². The molecule has 192 valence electrons. The van der Waals surface area contributed by atoms with Crippen LogP contribution in [-0.2, 0) is 0 Å². The summed E-state index contributed by atoms with van der Waals surface area (Å²) in [5.74, 6) is -0.577. The summed E-state index contributed by atoms with van der Waals surface area (Å²) in [7, 11) is 0. The molecule has 8 nitrogen and oxygen atoms in total. The van der Waals surface area contributed by atoms with Crippen molar-refractivity contribution >= 4 is 52.2 Å². The number of anilines is 3. The summed E-state index contributed by atoms with van der Waals surface area (Å²) in [5, 5.41) is 14.6. The Hall–Kier alpha value is -3.43. The van der Waals surface area contributed by atoms with Gasteiger partial charge in [-0.25, -0.2) is 4.39 Å². The van der Waals surface area contributed by atoms with Crippen molar-refractivity contribution in [2.45, 2.75) is 25.8 Å². The van der Waals surface area contributed by atoms with E-state index in [9.17, 15) is 14.0 Å². The second-order valence-corrected chi connectivity index (χ2v) is 9.84. The molecule has 1 fully saturated rings. The van der Waals surface area contributed by atoms with Crippen LogP contribution >= 0.6 is 23.2 Å². The number of benzene rings is 2. The van der Waals surface area contributed by atoms with E-state index in [2.05, 4.69) is 20.8 Å². The highest BCUT2D eigenvalue weighted by Crippen LogP contribution is 2.40. The second kappa shape index (κ2) is 10.5. The predicted molar refractivity (Wildman–Crippen MR) is 142 cm³/mol. The van der Waals surface area contributed by atoms with Gasteiger partial charge in [0.2, 0.25) is 0 Å². The molecular formula is C26H25Cl2FN6O2. The van der Waals surface area contributed by atoms with E-state index in [4.69, 9.17) is 23.2 Å². The SMILES string of the molecule is CC(c1c(Cl)ccc(F)c1Cl)N1CCNc2nnc(C(=O)Nc3cccc(C(=O)N4CCCC4)c3)cc21. The maximum atomic E-state index is 14.2. The van der Waals surface area contributed by atoms with Crippen molar-refractivity contribution in [2.24, 2.45) is 0 Å². The summed E-state index contributed by atoms with van der Waals surface area (Å²) in [6, 6.07) is 10.8. The van der Waals surface area contributed by atoms with E-state index in [1.807, 2.05) is 16.7 Å². The number of carbonyl (C=O) groups excluding carboxylic acids is 2. The van der Waals surface area contributed by atoms with E-state index < -0.39 is 17.8 Å². The number of halogens is 3. The molecule has 2 aromatic carbocycles. The quantitative estimate of drug-likeness (QED) is 0.419. The third-order valence-corrected chi connectivity index (χ3v) is 7.40. The molecule has 0 spiro atoms. The molecule has 0 saturated carbocycles.